The van der Waals surface area contributed by atoms with Crippen molar-refractivity contribution >= 4 is 27.3 Å². The van der Waals surface area contributed by atoms with Crippen molar-refractivity contribution in [2.24, 2.45) is 0 Å². The molecular weight excluding hydrogens is 288 g/mol. The number of nitro groups is 1. The van der Waals surface area contributed by atoms with Crippen LogP contribution in [0.2, 0.25) is 0 Å². The van der Waals surface area contributed by atoms with Crippen LogP contribution in [0.15, 0.2) is 22.7 Å². The molecule has 0 radical (unpaired) electrons. The Labute approximate surface area is 108 Å². The lowest BCUT2D eigenvalue weighted by molar-refractivity contribution is -0.384. The largest absolute Gasteiger partial charge is 0.380 e. The Bertz CT molecular complexity index is 398. The molecule has 0 aliphatic carbocycles. The predicted octanol–water partition coefficient (Wildman–Crippen LogP) is 3.19. The Morgan fingerprint density at radius 2 is 2.29 bits per heavy atom. The highest BCUT2D eigenvalue weighted by Crippen LogP contribution is 2.28. The summed E-state index contributed by atoms with van der Waals surface area (Å²) in [5.74, 6) is 0. The van der Waals surface area contributed by atoms with Crippen molar-refractivity contribution in [3.8, 4) is 0 Å². The monoisotopic (exact) mass is 302 g/mol. The minimum Gasteiger partial charge on any atom is -0.380 e. The molecule has 6 heteroatoms. The van der Waals surface area contributed by atoms with Crippen LogP contribution in [-0.4, -0.2) is 24.2 Å². The number of halogens is 1. The highest BCUT2D eigenvalue weighted by atomic mass is 79.9. The number of anilines is 1. The van der Waals surface area contributed by atoms with Crippen LogP contribution in [-0.2, 0) is 4.74 Å². The fourth-order valence-corrected chi connectivity index (χ4v) is 1.75. The number of benzene rings is 1. The molecule has 0 aromatic heterocycles. The first-order chi connectivity index (χ1) is 8.04. The van der Waals surface area contributed by atoms with Gasteiger partial charge in [-0.25, -0.2) is 0 Å². The SMILES string of the molecule is CCOCC(C)Nc1cc(Br)ccc1[N+](=O)[O-]. The molecular formula is C11H15BrN2O3. The molecule has 0 amide bonds. The van der Waals surface area contributed by atoms with Crippen LogP contribution >= 0.6 is 15.9 Å². The van der Waals surface area contributed by atoms with E-state index < -0.39 is 4.92 Å². The van der Waals surface area contributed by atoms with E-state index in [1.807, 2.05) is 13.8 Å². The van der Waals surface area contributed by atoms with E-state index >= 15 is 0 Å². The summed E-state index contributed by atoms with van der Waals surface area (Å²) in [6.07, 6.45) is 0. The van der Waals surface area contributed by atoms with Crippen molar-refractivity contribution in [2.75, 3.05) is 18.5 Å². The van der Waals surface area contributed by atoms with E-state index in [0.29, 0.717) is 18.9 Å². The lowest BCUT2D eigenvalue weighted by atomic mass is 10.2. The van der Waals surface area contributed by atoms with Gasteiger partial charge in [0.15, 0.2) is 0 Å². The van der Waals surface area contributed by atoms with Crippen molar-refractivity contribution in [3.05, 3.63) is 32.8 Å². The fourth-order valence-electron chi connectivity index (χ4n) is 1.38. The summed E-state index contributed by atoms with van der Waals surface area (Å²) >= 11 is 3.29. The van der Waals surface area contributed by atoms with Gasteiger partial charge in [0.2, 0.25) is 0 Å². The van der Waals surface area contributed by atoms with Crippen molar-refractivity contribution < 1.29 is 9.66 Å². The topological polar surface area (TPSA) is 64.4 Å². The van der Waals surface area contributed by atoms with E-state index in [-0.39, 0.29) is 11.7 Å². The number of hydrogen-bond acceptors (Lipinski definition) is 4. The van der Waals surface area contributed by atoms with Crippen molar-refractivity contribution in [1.29, 1.82) is 0 Å². The number of rotatable bonds is 6. The highest BCUT2D eigenvalue weighted by molar-refractivity contribution is 9.10. The Balaban J connectivity index is 2.81. The van der Waals surface area contributed by atoms with Gasteiger partial charge in [0, 0.05) is 23.2 Å². The van der Waals surface area contributed by atoms with Gasteiger partial charge in [-0.2, -0.15) is 0 Å². The molecule has 17 heavy (non-hydrogen) atoms. The second-order valence-corrected chi connectivity index (χ2v) is 4.54. The molecule has 1 aromatic rings. The summed E-state index contributed by atoms with van der Waals surface area (Å²) in [4.78, 5) is 10.4. The van der Waals surface area contributed by atoms with Gasteiger partial charge in [0.05, 0.1) is 11.5 Å². The van der Waals surface area contributed by atoms with E-state index in [4.69, 9.17) is 4.74 Å². The molecule has 0 heterocycles. The molecule has 1 aromatic carbocycles. The zero-order valence-corrected chi connectivity index (χ0v) is 11.4. The quantitative estimate of drug-likeness (QED) is 0.647. The number of nitrogens with zero attached hydrogens (tertiary/aromatic N) is 1. The molecule has 0 saturated carbocycles. The average Bonchev–Trinajstić information content (AvgIpc) is 2.26. The second kappa shape index (κ2) is 6.56. The van der Waals surface area contributed by atoms with Crippen LogP contribution in [0.5, 0.6) is 0 Å². The minimum atomic E-state index is -0.401. The van der Waals surface area contributed by atoms with Crippen molar-refractivity contribution in [2.45, 2.75) is 19.9 Å². The molecule has 0 bridgehead atoms. The molecule has 0 aliphatic rings. The third kappa shape index (κ3) is 4.32. The van der Waals surface area contributed by atoms with Gasteiger partial charge in [0.1, 0.15) is 5.69 Å². The molecule has 0 spiro atoms. The summed E-state index contributed by atoms with van der Waals surface area (Å²) in [5, 5.41) is 13.9. The zero-order chi connectivity index (χ0) is 12.8. The van der Waals surface area contributed by atoms with Gasteiger partial charge in [-0.15, -0.1) is 0 Å². The number of nitrogens with one attached hydrogen (secondary N) is 1. The number of ether oxygens (including phenoxy) is 1. The molecule has 1 N–H and O–H groups in total. The number of hydrogen-bond donors (Lipinski definition) is 1. The van der Waals surface area contributed by atoms with Crippen LogP contribution in [0.3, 0.4) is 0 Å². The molecule has 0 saturated heterocycles. The van der Waals surface area contributed by atoms with E-state index in [0.717, 1.165) is 4.47 Å². The molecule has 5 nitrogen and oxygen atoms in total. The van der Waals surface area contributed by atoms with E-state index in [9.17, 15) is 10.1 Å². The molecule has 1 rings (SSSR count). The van der Waals surface area contributed by atoms with Crippen molar-refractivity contribution in [3.63, 3.8) is 0 Å². The smallest absolute Gasteiger partial charge is 0.292 e. The summed E-state index contributed by atoms with van der Waals surface area (Å²) in [6.45, 7) is 4.97. The molecule has 1 atom stereocenters. The third-order valence-electron chi connectivity index (χ3n) is 2.13. The summed E-state index contributed by atoms with van der Waals surface area (Å²) in [6, 6.07) is 4.83. The molecule has 0 fully saturated rings. The second-order valence-electron chi connectivity index (χ2n) is 3.62. The van der Waals surface area contributed by atoms with Gasteiger partial charge in [-0.3, -0.25) is 10.1 Å². The summed E-state index contributed by atoms with van der Waals surface area (Å²) < 4.78 is 6.05. The van der Waals surface area contributed by atoms with E-state index in [1.54, 1.807) is 12.1 Å². The maximum Gasteiger partial charge on any atom is 0.292 e. The van der Waals surface area contributed by atoms with E-state index in [1.165, 1.54) is 6.07 Å². The van der Waals surface area contributed by atoms with Crippen LogP contribution in [0, 0.1) is 10.1 Å². The normalized spacial score (nSPS) is 12.2. The average molecular weight is 303 g/mol. The zero-order valence-electron chi connectivity index (χ0n) is 9.77. The van der Waals surface area contributed by atoms with Crippen LogP contribution in [0.25, 0.3) is 0 Å². The van der Waals surface area contributed by atoms with Crippen LogP contribution < -0.4 is 5.32 Å². The van der Waals surface area contributed by atoms with Gasteiger partial charge in [-0.1, -0.05) is 15.9 Å². The first-order valence-corrected chi connectivity index (χ1v) is 6.12. The first kappa shape index (κ1) is 13.9. The van der Waals surface area contributed by atoms with Gasteiger partial charge in [0.25, 0.3) is 5.69 Å². The number of nitro benzene ring substituents is 1. The van der Waals surface area contributed by atoms with Crippen LogP contribution in [0.4, 0.5) is 11.4 Å². The molecule has 0 aliphatic heterocycles. The maximum atomic E-state index is 10.8. The molecule has 1 unspecified atom stereocenters. The maximum absolute atomic E-state index is 10.8. The Morgan fingerprint density at radius 3 is 2.88 bits per heavy atom. The lowest BCUT2D eigenvalue weighted by Crippen LogP contribution is -2.22. The Hall–Kier alpha value is -1.14. The van der Waals surface area contributed by atoms with Gasteiger partial charge < -0.3 is 10.1 Å². The Kier molecular flexibility index (Phi) is 5.37. The van der Waals surface area contributed by atoms with Crippen LogP contribution in [0.1, 0.15) is 13.8 Å². The fraction of sp³-hybridized carbons (Fsp3) is 0.455. The van der Waals surface area contributed by atoms with Crippen molar-refractivity contribution in [1.82, 2.24) is 0 Å². The third-order valence-corrected chi connectivity index (χ3v) is 2.62. The van der Waals surface area contributed by atoms with E-state index in [2.05, 4.69) is 21.2 Å². The first-order valence-electron chi connectivity index (χ1n) is 5.32. The van der Waals surface area contributed by atoms with Gasteiger partial charge in [-0.05, 0) is 26.0 Å². The lowest BCUT2D eigenvalue weighted by Gasteiger charge is -2.15. The Morgan fingerprint density at radius 1 is 1.59 bits per heavy atom. The summed E-state index contributed by atoms with van der Waals surface area (Å²) in [5.41, 5.74) is 0.563. The minimum absolute atomic E-state index is 0.0166. The standard InChI is InChI=1S/C11H15BrN2O3/c1-3-17-7-8(2)13-10-6-9(12)4-5-11(10)14(15)16/h4-6,8,13H,3,7H2,1-2H3. The highest BCUT2D eigenvalue weighted by Gasteiger charge is 2.15. The molecule has 94 valence electrons. The predicted molar refractivity (Wildman–Crippen MR) is 70.4 cm³/mol. The summed E-state index contributed by atoms with van der Waals surface area (Å²) in [7, 11) is 0. The van der Waals surface area contributed by atoms with Gasteiger partial charge >= 0.3 is 0 Å².